The molecule has 1 heterocycles. The van der Waals surface area contributed by atoms with Crippen molar-refractivity contribution in [2.24, 2.45) is 0 Å². The zero-order chi connectivity index (χ0) is 20.8. The third-order valence-corrected chi connectivity index (χ3v) is 4.80. The minimum absolute atomic E-state index is 0.216. The van der Waals surface area contributed by atoms with E-state index in [0.717, 1.165) is 16.5 Å². The largest absolute Gasteiger partial charge is 0.482 e. The van der Waals surface area contributed by atoms with Crippen molar-refractivity contribution in [2.75, 3.05) is 13.2 Å². The molecule has 2 N–H and O–H groups in total. The third-order valence-electron chi connectivity index (χ3n) is 4.26. The van der Waals surface area contributed by atoms with Crippen molar-refractivity contribution in [1.82, 2.24) is 10.3 Å². The molecular formula is C21H20Cl2N2O4. The van der Waals surface area contributed by atoms with Gasteiger partial charge in [-0.05, 0) is 30.7 Å². The summed E-state index contributed by atoms with van der Waals surface area (Å²) < 4.78 is 10.6. The van der Waals surface area contributed by atoms with Gasteiger partial charge in [-0.1, -0.05) is 41.4 Å². The number of ether oxygens (including phenoxy) is 2. The minimum Gasteiger partial charge on any atom is -0.482 e. The van der Waals surface area contributed by atoms with Crippen LogP contribution in [0.4, 0.5) is 0 Å². The van der Waals surface area contributed by atoms with Gasteiger partial charge in [0.05, 0.1) is 11.6 Å². The minimum atomic E-state index is -0.847. The van der Waals surface area contributed by atoms with Crippen LogP contribution in [-0.4, -0.2) is 36.1 Å². The molecule has 0 aliphatic rings. The highest BCUT2D eigenvalue weighted by atomic mass is 35.5. The number of aromatic amines is 1. The third kappa shape index (κ3) is 5.43. The first-order valence-electron chi connectivity index (χ1n) is 9.06. The van der Waals surface area contributed by atoms with E-state index in [4.69, 9.17) is 32.7 Å². The molecule has 6 nitrogen and oxygen atoms in total. The van der Waals surface area contributed by atoms with E-state index in [-0.39, 0.29) is 19.6 Å². The maximum absolute atomic E-state index is 12.4. The first-order valence-corrected chi connectivity index (χ1v) is 9.82. The van der Waals surface area contributed by atoms with Crippen LogP contribution < -0.4 is 10.1 Å². The van der Waals surface area contributed by atoms with Gasteiger partial charge in [0.15, 0.2) is 6.61 Å². The summed E-state index contributed by atoms with van der Waals surface area (Å²) in [5.74, 6) is -0.690. The highest BCUT2D eigenvalue weighted by molar-refractivity contribution is 6.34. The summed E-state index contributed by atoms with van der Waals surface area (Å²) in [6.45, 7) is 1.62. The standard InChI is InChI=1S/C21H20Cl2N2O4/c1-2-28-21(27)18(9-13-11-24-17-6-4-3-5-15(13)17)25-20(26)12-29-19-10-14(22)7-8-16(19)23/h3-8,10-11,18,24H,2,9,12H2,1H3,(H,25,26)/t18-/m0/s1. The number of hydrogen-bond donors (Lipinski definition) is 2. The van der Waals surface area contributed by atoms with Crippen molar-refractivity contribution in [2.45, 2.75) is 19.4 Å². The predicted octanol–water partition coefficient (Wildman–Crippen LogP) is 4.14. The van der Waals surface area contributed by atoms with Crippen LogP contribution in [0.25, 0.3) is 10.9 Å². The highest BCUT2D eigenvalue weighted by Gasteiger charge is 2.24. The van der Waals surface area contributed by atoms with E-state index in [1.54, 1.807) is 19.1 Å². The monoisotopic (exact) mass is 434 g/mol. The van der Waals surface area contributed by atoms with Crippen molar-refractivity contribution in [3.05, 3.63) is 64.3 Å². The van der Waals surface area contributed by atoms with Crippen LogP contribution in [-0.2, 0) is 20.7 Å². The van der Waals surface area contributed by atoms with Gasteiger partial charge in [0, 0.05) is 34.6 Å². The second-order valence-electron chi connectivity index (χ2n) is 6.30. The van der Waals surface area contributed by atoms with Gasteiger partial charge in [-0.3, -0.25) is 4.79 Å². The fraction of sp³-hybridized carbons (Fsp3) is 0.238. The molecule has 0 bridgehead atoms. The fourth-order valence-corrected chi connectivity index (χ4v) is 3.26. The van der Waals surface area contributed by atoms with Crippen LogP contribution in [0.5, 0.6) is 5.75 Å². The zero-order valence-electron chi connectivity index (χ0n) is 15.7. The Morgan fingerprint density at radius 2 is 1.97 bits per heavy atom. The first kappa shape index (κ1) is 21.0. The number of aromatic nitrogens is 1. The molecule has 1 aromatic heterocycles. The van der Waals surface area contributed by atoms with Crippen LogP contribution in [0.15, 0.2) is 48.7 Å². The van der Waals surface area contributed by atoms with Crippen molar-refractivity contribution in [3.8, 4) is 5.75 Å². The van der Waals surface area contributed by atoms with Gasteiger partial charge in [0.25, 0.3) is 5.91 Å². The molecule has 0 spiro atoms. The lowest BCUT2D eigenvalue weighted by Crippen LogP contribution is -2.45. The highest BCUT2D eigenvalue weighted by Crippen LogP contribution is 2.27. The second kappa shape index (κ2) is 9.67. The Balaban J connectivity index is 1.69. The lowest BCUT2D eigenvalue weighted by Gasteiger charge is -2.17. The van der Waals surface area contributed by atoms with Gasteiger partial charge in [0.1, 0.15) is 11.8 Å². The smallest absolute Gasteiger partial charge is 0.328 e. The average Bonchev–Trinajstić information content (AvgIpc) is 3.11. The van der Waals surface area contributed by atoms with E-state index in [9.17, 15) is 9.59 Å². The van der Waals surface area contributed by atoms with Gasteiger partial charge in [0.2, 0.25) is 0 Å². The van der Waals surface area contributed by atoms with E-state index < -0.39 is 17.9 Å². The van der Waals surface area contributed by atoms with Crippen molar-refractivity contribution >= 4 is 46.0 Å². The SMILES string of the molecule is CCOC(=O)[C@H](Cc1c[nH]c2ccccc12)NC(=O)COc1cc(Cl)ccc1Cl. The summed E-state index contributed by atoms with van der Waals surface area (Å²) in [6.07, 6.45) is 2.11. The van der Waals surface area contributed by atoms with Gasteiger partial charge in [-0.25, -0.2) is 4.79 Å². The van der Waals surface area contributed by atoms with Gasteiger partial charge < -0.3 is 19.8 Å². The van der Waals surface area contributed by atoms with E-state index in [0.29, 0.717) is 15.8 Å². The van der Waals surface area contributed by atoms with Crippen LogP contribution in [0.1, 0.15) is 12.5 Å². The summed E-state index contributed by atoms with van der Waals surface area (Å²) >= 11 is 12.0. The Labute approximate surface area is 178 Å². The number of para-hydroxylation sites is 1. The summed E-state index contributed by atoms with van der Waals surface area (Å²) in [4.78, 5) is 27.9. The maximum atomic E-state index is 12.4. The molecule has 0 saturated carbocycles. The van der Waals surface area contributed by atoms with Crippen molar-refractivity contribution < 1.29 is 19.1 Å². The molecule has 1 atom stereocenters. The Morgan fingerprint density at radius 1 is 1.17 bits per heavy atom. The Morgan fingerprint density at radius 3 is 2.76 bits per heavy atom. The molecule has 8 heteroatoms. The van der Waals surface area contributed by atoms with Crippen molar-refractivity contribution in [1.29, 1.82) is 0 Å². The lowest BCUT2D eigenvalue weighted by molar-refractivity contribution is -0.147. The number of amides is 1. The number of benzene rings is 2. The van der Waals surface area contributed by atoms with E-state index in [2.05, 4.69) is 10.3 Å². The molecule has 0 aliphatic heterocycles. The summed E-state index contributed by atoms with van der Waals surface area (Å²) in [7, 11) is 0. The Hall–Kier alpha value is -2.70. The number of carbonyl (C=O) groups excluding carboxylic acids is 2. The number of rotatable bonds is 8. The molecule has 2 aromatic carbocycles. The molecule has 152 valence electrons. The van der Waals surface area contributed by atoms with Crippen LogP contribution >= 0.6 is 23.2 Å². The number of fused-ring (bicyclic) bond motifs is 1. The average molecular weight is 435 g/mol. The molecular weight excluding hydrogens is 415 g/mol. The van der Waals surface area contributed by atoms with Crippen LogP contribution in [0, 0.1) is 0 Å². The zero-order valence-corrected chi connectivity index (χ0v) is 17.2. The summed E-state index contributed by atoms with van der Waals surface area (Å²) in [6, 6.07) is 11.6. The topological polar surface area (TPSA) is 80.4 Å². The van der Waals surface area contributed by atoms with Crippen LogP contribution in [0.3, 0.4) is 0 Å². The van der Waals surface area contributed by atoms with Gasteiger partial charge in [-0.2, -0.15) is 0 Å². The molecule has 3 rings (SSSR count). The van der Waals surface area contributed by atoms with E-state index in [1.165, 1.54) is 6.07 Å². The molecule has 0 aliphatic carbocycles. The Bertz CT molecular complexity index is 1020. The second-order valence-corrected chi connectivity index (χ2v) is 7.14. The van der Waals surface area contributed by atoms with Gasteiger partial charge in [-0.15, -0.1) is 0 Å². The number of nitrogens with one attached hydrogen (secondary N) is 2. The molecule has 0 radical (unpaired) electrons. The molecule has 0 unspecified atom stereocenters. The fourth-order valence-electron chi connectivity index (χ4n) is 2.92. The molecule has 0 fully saturated rings. The molecule has 29 heavy (non-hydrogen) atoms. The lowest BCUT2D eigenvalue weighted by atomic mass is 10.0. The maximum Gasteiger partial charge on any atom is 0.328 e. The summed E-state index contributed by atoms with van der Waals surface area (Å²) in [5.41, 5.74) is 1.85. The number of hydrogen-bond acceptors (Lipinski definition) is 4. The summed E-state index contributed by atoms with van der Waals surface area (Å²) in [5, 5.41) is 4.44. The van der Waals surface area contributed by atoms with Crippen molar-refractivity contribution in [3.63, 3.8) is 0 Å². The van der Waals surface area contributed by atoms with Crippen LogP contribution in [0.2, 0.25) is 10.0 Å². The Kier molecular flexibility index (Phi) is 7.01. The number of H-pyrrole nitrogens is 1. The molecule has 1 amide bonds. The number of halogens is 2. The van der Waals surface area contributed by atoms with Gasteiger partial charge >= 0.3 is 5.97 Å². The number of esters is 1. The van der Waals surface area contributed by atoms with E-state index >= 15 is 0 Å². The normalized spacial score (nSPS) is 11.8. The predicted molar refractivity (Wildman–Crippen MR) is 113 cm³/mol. The molecule has 3 aromatic rings. The first-order chi connectivity index (χ1) is 14.0. The quantitative estimate of drug-likeness (QED) is 0.521. The number of carbonyl (C=O) groups is 2. The van der Waals surface area contributed by atoms with E-state index in [1.807, 2.05) is 30.5 Å². The molecule has 0 saturated heterocycles.